The minimum absolute atomic E-state index is 0.803. The second-order valence-electron chi connectivity index (χ2n) is 4.50. The summed E-state index contributed by atoms with van der Waals surface area (Å²) >= 11 is 3.52. The van der Waals surface area contributed by atoms with E-state index in [1.165, 1.54) is 12.8 Å². The molecule has 1 aliphatic heterocycles. The highest BCUT2D eigenvalue weighted by Gasteiger charge is 2.22. The molecule has 1 aliphatic rings. The molecule has 0 bridgehead atoms. The second kappa shape index (κ2) is 4.64. The Morgan fingerprint density at radius 3 is 3.24 bits per heavy atom. The maximum absolute atomic E-state index is 4.63. The molecule has 0 saturated carbocycles. The van der Waals surface area contributed by atoms with Gasteiger partial charge < -0.3 is 4.90 Å². The molecule has 2 aromatic heterocycles. The van der Waals surface area contributed by atoms with E-state index in [1.807, 2.05) is 12.3 Å². The molecule has 0 aliphatic carbocycles. The Balaban J connectivity index is 1.80. The molecule has 0 aromatic carbocycles. The molecule has 1 fully saturated rings. The van der Waals surface area contributed by atoms with Gasteiger partial charge in [-0.3, -0.25) is 0 Å². The summed E-state index contributed by atoms with van der Waals surface area (Å²) in [4.78, 5) is 7.00. The predicted octanol–water partition coefficient (Wildman–Crippen LogP) is 2.34. The maximum Gasteiger partial charge on any atom is 0.157 e. The number of alkyl halides is 1. The average Bonchev–Trinajstić information content (AvgIpc) is 2.96. The van der Waals surface area contributed by atoms with Crippen molar-refractivity contribution in [1.29, 1.82) is 0 Å². The van der Waals surface area contributed by atoms with Crippen LogP contribution in [0.15, 0.2) is 24.5 Å². The quantitative estimate of drug-likeness (QED) is 0.815. The molecule has 2 aromatic rings. The lowest BCUT2D eigenvalue weighted by molar-refractivity contribution is 0.575. The third-order valence-electron chi connectivity index (χ3n) is 3.37. The molecular weight excluding hydrogens is 280 g/mol. The largest absolute Gasteiger partial charge is 0.356 e. The minimum Gasteiger partial charge on any atom is -0.356 e. The summed E-state index contributed by atoms with van der Waals surface area (Å²) in [5, 5.41) is 5.26. The first-order valence-electron chi connectivity index (χ1n) is 5.98. The third kappa shape index (κ3) is 2.16. The van der Waals surface area contributed by atoms with Crippen molar-refractivity contribution >= 4 is 27.4 Å². The van der Waals surface area contributed by atoms with Gasteiger partial charge in [-0.15, -0.1) is 0 Å². The predicted molar refractivity (Wildman–Crippen MR) is 71.7 cm³/mol. The van der Waals surface area contributed by atoms with Crippen LogP contribution in [0.1, 0.15) is 12.8 Å². The first kappa shape index (κ1) is 11.0. The molecule has 1 atom stereocenters. The van der Waals surface area contributed by atoms with Crippen molar-refractivity contribution < 1.29 is 0 Å². The molecule has 3 rings (SSSR count). The van der Waals surface area contributed by atoms with Gasteiger partial charge in [-0.2, -0.15) is 5.10 Å². The molecule has 0 amide bonds. The van der Waals surface area contributed by atoms with Crippen molar-refractivity contribution in [3.8, 4) is 0 Å². The van der Waals surface area contributed by atoms with Gasteiger partial charge in [-0.25, -0.2) is 9.50 Å². The molecule has 4 nitrogen and oxygen atoms in total. The summed E-state index contributed by atoms with van der Waals surface area (Å²) in [7, 11) is 0. The number of hydrogen-bond donors (Lipinski definition) is 0. The Hall–Kier alpha value is -1.10. The number of aromatic nitrogens is 3. The van der Waals surface area contributed by atoms with Crippen LogP contribution in [0.25, 0.3) is 5.65 Å². The third-order valence-corrected chi connectivity index (χ3v) is 3.83. The Labute approximate surface area is 109 Å². The molecule has 3 heterocycles. The summed E-state index contributed by atoms with van der Waals surface area (Å²) in [6.07, 6.45) is 6.29. The van der Waals surface area contributed by atoms with E-state index >= 15 is 0 Å². The monoisotopic (exact) mass is 294 g/mol. The minimum atomic E-state index is 0.803. The topological polar surface area (TPSA) is 33.4 Å². The number of nitrogens with zero attached hydrogens (tertiary/aromatic N) is 4. The van der Waals surface area contributed by atoms with Crippen molar-refractivity contribution in [3.05, 3.63) is 24.5 Å². The van der Waals surface area contributed by atoms with E-state index in [1.54, 1.807) is 10.7 Å². The highest BCUT2D eigenvalue weighted by molar-refractivity contribution is 9.09. The van der Waals surface area contributed by atoms with Gasteiger partial charge in [0.05, 0.1) is 6.20 Å². The summed E-state index contributed by atoms with van der Waals surface area (Å²) in [6, 6.07) is 3.99. The van der Waals surface area contributed by atoms with Crippen LogP contribution in [0.4, 0.5) is 5.82 Å². The van der Waals surface area contributed by atoms with Crippen LogP contribution < -0.4 is 4.90 Å². The zero-order chi connectivity index (χ0) is 11.7. The van der Waals surface area contributed by atoms with Gasteiger partial charge >= 0.3 is 0 Å². The van der Waals surface area contributed by atoms with Crippen molar-refractivity contribution in [2.24, 2.45) is 5.92 Å². The molecule has 90 valence electrons. The van der Waals surface area contributed by atoms with Gasteiger partial charge in [0.25, 0.3) is 0 Å². The van der Waals surface area contributed by atoms with Crippen LogP contribution in [0, 0.1) is 5.92 Å². The van der Waals surface area contributed by atoms with E-state index in [0.717, 1.165) is 35.8 Å². The SMILES string of the molecule is BrCCC1CCN(c2ccn3nccc3n2)C1. The van der Waals surface area contributed by atoms with E-state index in [9.17, 15) is 0 Å². The first-order valence-corrected chi connectivity index (χ1v) is 7.10. The zero-order valence-electron chi connectivity index (χ0n) is 9.59. The van der Waals surface area contributed by atoms with E-state index in [-0.39, 0.29) is 0 Å². The molecule has 0 N–H and O–H groups in total. The fourth-order valence-electron chi connectivity index (χ4n) is 2.41. The fraction of sp³-hybridized carbons (Fsp3) is 0.500. The zero-order valence-corrected chi connectivity index (χ0v) is 11.2. The van der Waals surface area contributed by atoms with Gasteiger partial charge in [0, 0.05) is 30.7 Å². The second-order valence-corrected chi connectivity index (χ2v) is 5.29. The molecular formula is C12H15BrN4. The smallest absolute Gasteiger partial charge is 0.157 e. The van der Waals surface area contributed by atoms with Crippen LogP contribution in [-0.2, 0) is 0 Å². The summed E-state index contributed by atoms with van der Waals surface area (Å²) in [6.45, 7) is 2.25. The molecule has 0 spiro atoms. The lowest BCUT2D eigenvalue weighted by Gasteiger charge is -2.17. The van der Waals surface area contributed by atoms with Gasteiger partial charge in [0.1, 0.15) is 5.82 Å². The van der Waals surface area contributed by atoms with Gasteiger partial charge in [-0.1, -0.05) is 15.9 Å². The van der Waals surface area contributed by atoms with Gasteiger partial charge in [0.2, 0.25) is 0 Å². The first-order chi connectivity index (χ1) is 8.36. The van der Waals surface area contributed by atoms with Crippen molar-refractivity contribution in [2.75, 3.05) is 23.3 Å². The normalized spacial score (nSPS) is 20.3. The van der Waals surface area contributed by atoms with Crippen LogP contribution >= 0.6 is 15.9 Å². The lowest BCUT2D eigenvalue weighted by atomic mass is 10.1. The van der Waals surface area contributed by atoms with Crippen LogP contribution in [0.2, 0.25) is 0 Å². The number of fused-ring (bicyclic) bond motifs is 1. The van der Waals surface area contributed by atoms with E-state index in [0.29, 0.717) is 0 Å². The molecule has 17 heavy (non-hydrogen) atoms. The molecule has 1 saturated heterocycles. The standard InChI is InChI=1S/C12H15BrN4/c13-5-1-10-3-7-16(9-10)11-4-8-17-12(15-11)2-6-14-17/h2,4,6,8,10H,1,3,5,7,9H2. The lowest BCUT2D eigenvalue weighted by Crippen LogP contribution is -2.21. The summed E-state index contributed by atoms with van der Waals surface area (Å²) < 4.78 is 1.80. The highest BCUT2D eigenvalue weighted by atomic mass is 79.9. The Bertz CT molecular complexity index is 510. The van der Waals surface area contributed by atoms with Crippen LogP contribution in [0.3, 0.4) is 0 Å². The van der Waals surface area contributed by atoms with Gasteiger partial charge in [-0.05, 0) is 24.8 Å². The van der Waals surface area contributed by atoms with Crippen molar-refractivity contribution in [3.63, 3.8) is 0 Å². The van der Waals surface area contributed by atoms with E-state index in [4.69, 9.17) is 0 Å². The van der Waals surface area contributed by atoms with E-state index < -0.39 is 0 Å². The van der Waals surface area contributed by atoms with Crippen LogP contribution in [-0.4, -0.2) is 33.0 Å². The number of anilines is 1. The molecule has 0 radical (unpaired) electrons. The molecule has 5 heteroatoms. The number of rotatable bonds is 3. The Kier molecular flexibility index (Phi) is 3.01. The Morgan fingerprint density at radius 1 is 1.41 bits per heavy atom. The average molecular weight is 295 g/mol. The maximum atomic E-state index is 4.63. The summed E-state index contributed by atoms with van der Waals surface area (Å²) in [5.74, 6) is 1.88. The van der Waals surface area contributed by atoms with Gasteiger partial charge in [0.15, 0.2) is 5.65 Å². The van der Waals surface area contributed by atoms with Crippen LogP contribution in [0.5, 0.6) is 0 Å². The van der Waals surface area contributed by atoms with E-state index in [2.05, 4.69) is 37.0 Å². The number of halogens is 1. The summed E-state index contributed by atoms with van der Waals surface area (Å²) in [5.41, 5.74) is 0.923. The van der Waals surface area contributed by atoms with Crippen molar-refractivity contribution in [1.82, 2.24) is 14.6 Å². The fourth-order valence-corrected chi connectivity index (χ4v) is 3.06. The molecule has 1 unspecified atom stereocenters. The Morgan fingerprint density at radius 2 is 2.35 bits per heavy atom. The van der Waals surface area contributed by atoms with Crippen molar-refractivity contribution in [2.45, 2.75) is 12.8 Å². The highest BCUT2D eigenvalue weighted by Crippen LogP contribution is 2.24. The number of hydrogen-bond acceptors (Lipinski definition) is 3.